The molecular weight excluding hydrogens is 371 g/mol. The van der Waals surface area contributed by atoms with Gasteiger partial charge in [0.15, 0.2) is 4.34 Å². The monoisotopic (exact) mass is 388 g/mol. The topological polar surface area (TPSA) is 66.9 Å². The van der Waals surface area contributed by atoms with Crippen molar-refractivity contribution < 1.29 is 9.18 Å². The quantitative estimate of drug-likeness (QED) is 0.593. The first-order chi connectivity index (χ1) is 12.6. The lowest BCUT2D eigenvalue weighted by atomic mass is 10.2. The van der Waals surface area contributed by atoms with E-state index in [-0.39, 0.29) is 17.0 Å². The number of hydrogen-bond acceptors (Lipinski definition) is 6. The third-order valence-electron chi connectivity index (χ3n) is 3.46. The Bertz CT molecular complexity index is 855. The van der Waals surface area contributed by atoms with Crippen molar-refractivity contribution in [1.29, 1.82) is 0 Å². The first-order valence-electron chi connectivity index (χ1n) is 7.94. The number of thioether (sulfide) groups is 1. The van der Waals surface area contributed by atoms with Crippen LogP contribution in [0, 0.1) is 5.82 Å². The number of rotatable bonds is 7. The zero-order chi connectivity index (χ0) is 18.4. The molecule has 2 aromatic carbocycles. The van der Waals surface area contributed by atoms with E-state index < -0.39 is 0 Å². The highest BCUT2D eigenvalue weighted by molar-refractivity contribution is 8.02. The Balaban J connectivity index is 1.50. The van der Waals surface area contributed by atoms with Gasteiger partial charge in [-0.2, -0.15) is 0 Å². The van der Waals surface area contributed by atoms with Gasteiger partial charge >= 0.3 is 0 Å². The Kier molecular flexibility index (Phi) is 6.19. The summed E-state index contributed by atoms with van der Waals surface area (Å²) in [6, 6.07) is 15.8. The highest BCUT2D eigenvalue weighted by Crippen LogP contribution is 2.30. The maximum absolute atomic E-state index is 12.9. The van der Waals surface area contributed by atoms with Gasteiger partial charge in [0.1, 0.15) is 5.82 Å². The van der Waals surface area contributed by atoms with E-state index in [9.17, 15) is 9.18 Å². The lowest BCUT2D eigenvalue weighted by Crippen LogP contribution is -2.30. The lowest BCUT2D eigenvalue weighted by molar-refractivity contribution is -0.120. The van der Waals surface area contributed by atoms with Gasteiger partial charge in [-0.05, 0) is 36.8 Å². The number of amides is 1. The molecule has 0 radical (unpaired) electrons. The summed E-state index contributed by atoms with van der Waals surface area (Å²) in [5.41, 5.74) is 1.78. The molecule has 0 fully saturated rings. The summed E-state index contributed by atoms with van der Waals surface area (Å²) in [5, 5.41) is 14.6. The largest absolute Gasteiger partial charge is 0.351 e. The van der Waals surface area contributed by atoms with Crippen LogP contribution in [0.25, 0.3) is 0 Å². The maximum atomic E-state index is 12.9. The first kappa shape index (κ1) is 18.3. The Morgan fingerprint density at radius 2 is 1.88 bits per heavy atom. The molecule has 26 heavy (non-hydrogen) atoms. The molecule has 8 heteroatoms. The van der Waals surface area contributed by atoms with Crippen LogP contribution in [0.3, 0.4) is 0 Å². The van der Waals surface area contributed by atoms with Gasteiger partial charge in [0, 0.05) is 12.2 Å². The molecule has 0 saturated carbocycles. The third-order valence-corrected chi connectivity index (χ3v) is 5.48. The molecule has 1 amide bonds. The van der Waals surface area contributed by atoms with Crippen molar-refractivity contribution in [2.75, 3.05) is 5.32 Å². The molecule has 0 unspecified atom stereocenters. The van der Waals surface area contributed by atoms with E-state index in [0.717, 1.165) is 11.3 Å². The molecule has 134 valence electrons. The predicted molar refractivity (Wildman–Crippen MR) is 103 cm³/mol. The molecule has 1 aromatic heterocycles. The number of nitrogens with zero attached hydrogens (tertiary/aromatic N) is 2. The number of carbonyl (C=O) groups is 1. The van der Waals surface area contributed by atoms with Crippen LogP contribution in [-0.4, -0.2) is 21.4 Å². The average Bonchev–Trinajstić information content (AvgIpc) is 3.08. The Hall–Kier alpha value is -2.45. The summed E-state index contributed by atoms with van der Waals surface area (Å²) in [7, 11) is 0. The zero-order valence-electron chi connectivity index (χ0n) is 14.0. The minimum atomic E-state index is -0.312. The van der Waals surface area contributed by atoms with E-state index in [1.54, 1.807) is 12.1 Å². The lowest BCUT2D eigenvalue weighted by Gasteiger charge is -2.10. The number of halogens is 1. The van der Waals surface area contributed by atoms with E-state index in [4.69, 9.17) is 0 Å². The van der Waals surface area contributed by atoms with E-state index in [1.807, 2.05) is 37.3 Å². The van der Waals surface area contributed by atoms with Crippen molar-refractivity contribution in [3.8, 4) is 0 Å². The number of hydrogen-bond donors (Lipinski definition) is 2. The van der Waals surface area contributed by atoms with Crippen LogP contribution in [-0.2, 0) is 11.3 Å². The van der Waals surface area contributed by atoms with E-state index >= 15 is 0 Å². The van der Waals surface area contributed by atoms with Crippen molar-refractivity contribution in [2.45, 2.75) is 23.1 Å². The second-order valence-electron chi connectivity index (χ2n) is 5.47. The normalized spacial score (nSPS) is 11.8. The highest BCUT2D eigenvalue weighted by Gasteiger charge is 2.17. The van der Waals surface area contributed by atoms with E-state index in [1.165, 1.54) is 35.2 Å². The zero-order valence-corrected chi connectivity index (χ0v) is 15.6. The van der Waals surface area contributed by atoms with Gasteiger partial charge in [-0.3, -0.25) is 4.79 Å². The standard InChI is InChI=1S/C18H17FN4OS2/c1-12(16(24)20-11-13-7-9-14(19)10-8-13)25-18-23-22-17(26-18)21-15-5-3-2-4-6-15/h2-10,12H,11H2,1H3,(H,20,24)(H,21,22)/t12-/m1/s1. The van der Waals surface area contributed by atoms with E-state index in [0.29, 0.717) is 16.0 Å². The van der Waals surface area contributed by atoms with Crippen LogP contribution in [0.15, 0.2) is 58.9 Å². The second-order valence-corrected chi connectivity index (χ2v) is 8.03. The Labute approximate surface area is 159 Å². The molecule has 3 rings (SSSR count). The Morgan fingerprint density at radius 1 is 1.15 bits per heavy atom. The smallest absolute Gasteiger partial charge is 0.233 e. The van der Waals surface area contributed by atoms with E-state index in [2.05, 4.69) is 20.8 Å². The molecular formula is C18H17FN4OS2. The summed E-state index contributed by atoms with van der Waals surface area (Å²) in [6.45, 7) is 2.18. The van der Waals surface area contributed by atoms with Crippen LogP contribution in [0.2, 0.25) is 0 Å². The van der Waals surface area contributed by atoms with Gasteiger partial charge in [0.05, 0.1) is 5.25 Å². The summed E-state index contributed by atoms with van der Waals surface area (Å²) < 4.78 is 13.6. The van der Waals surface area contributed by atoms with Crippen molar-refractivity contribution in [1.82, 2.24) is 15.5 Å². The fraction of sp³-hybridized carbons (Fsp3) is 0.167. The summed E-state index contributed by atoms with van der Waals surface area (Å²) >= 11 is 2.75. The molecule has 0 saturated heterocycles. The van der Waals surface area contributed by atoms with Gasteiger partial charge in [-0.25, -0.2) is 4.39 Å². The summed E-state index contributed by atoms with van der Waals surface area (Å²) in [4.78, 5) is 12.2. The number of carbonyl (C=O) groups excluding carboxylic acids is 1. The predicted octanol–water partition coefficient (Wildman–Crippen LogP) is 4.22. The van der Waals surface area contributed by atoms with Gasteiger partial charge in [0.2, 0.25) is 11.0 Å². The van der Waals surface area contributed by atoms with Crippen molar-refractivity contribution in [3.05, 3.63) is 66.0 Å². The highest BCUT2D eigenvalue weighted by atomic mass is 32.2. The molecule has 2 N–H and O–H groups in total. The molecule has 0 aliphatic heterocycles. The van der Waals surface area contributed by atoms with Crippen molar-refractivity contribution in [3.63, 3.8) is 0 Å². The van der Waals surface area contributed by atoms with Crippen molar-refractivity contribution >= 4 is 39.8 Å². The molecule has 3 aromatic rings. The van der Waals surface area contributed by atoms with Crippen molar-refractivity contribution in [2.24, 2.45) is 0 Å². The number of aromatic nitrogens is 2. The summed E-state index contributed by atoms with van der Waals surface area (Å²) in [5.74, 6) is -0.396. The average molecular weight is 388 g/mol. The first-order valence-corrected chi connectivity index (χ1v) is 9.64. The summed E-state index contributed by atoms with van der Waals surface area (Å²) in [6.07, 6.45) is 0. The van der Waals surface area contributed by atoms with Crippen LogP contribution in [0.5, 0.6) is 0 Å². The molecule has 0 bridgehead atoms. The third kappa shape index (κ3) is 5.27. The molecule has 5 nitrogen and oxygen atoms in total. The second kappa shape index (κ2) is 8.77. The molecule has 1 atom stereocenters. The van der Waals surface area contributed by atoms with Crippen LogP contribution >= 0.6 is 23.1 Å². The van der Waals surface area contributed by atoms with Gasteiger partial charge in [-0.1, -0.05) is 53.4 Å². The number of nitrogens with one attached hydrogen (secondary N) is 2. The van der Waals surface area contributed by atoms with Crippen LogP contribution in [0.1, 0.15) is 12.5 Å². The molecule has 1 heterocycles. The number of benzene rings is 2. The van der Waals surface area contributed by atoms with Gasteiger partial charge in [0.25, 0.3) is 0 Å². The maximum Gasteiger partial charge on any atom is 0.233 e. The fourth-order valence-electron chi connectivity index (χ4n) is 2.09. The number of para-hydroxylation sites is 1. The fourth-order valence-corrected chi connectivity index (χ4v) is 4.03. The molecule has 0 spiro atoms. The SMILES string of the molecule is C[C@@H](Sc1nnc(Nc2ccccc2)s1)C(=O)NCc1ccc(F)cc1. The minimum Gasteiger partial charge on any atom is -0.351 e. The van der Waals surface area contributed by atoms with Crippen LogP contribution in [0.4, 0.5) is 15.2 Å². The minimum absolute atomic E-state index is 0.105. The van der Waals surface area contributed by atoms with Crippen LogP contribution < -0.4 is 10.6 Å². The number of anilines is 2. The molecule has 0 aliphatic rings. The molecule has 0 aliphatic carbocycles. The Morgan fingerprint density at radius 3 is 2.62 bits per heavy atom. The van der Waals surface area contributed by atoms with Gasteiger partial charge < -0.3 is 10.6 Å². The van der Waals surface area contributed by atoms with Gasteiger partial charge in [-0.15, -0.1) is 10.2 Å².